The van der Waals surface area contributed by atoms with Crippen molar-refractivity contribution in [2.24, 2.45) is 0 Å². The summed E-state index contributed by atoms with van der Waals surface area (Å²) in [5.74, 6) is 0.691. The van der Waals surface area contributed by atoms with E-state index in [4.69, 9.17) is 4.74 Å². The molecule has 0 unspecified atom stereocenters. The summed E-state index contributed by atoms with van der Waals surface area (Å²) in [4.78, 5) is 27.8. The Morgan fingerprint density at radius 2 is 1.96 bits per heavy atom. The van der Waals surface area contributed by atoms with E-state index in [0.717, 1.165) is 22.6 Å². The van der Waals surface area contributed by atoms with Crippen LogP contribution in [-0.2, 0) is 6.54 Å². The van der Waals surface area contributed by atoms with Crippen LogP contribution in [0.25, 0.3) is 0 Å². The van der Waals surface area contributed by atoms with Crippen molar-refractivity contribution in [1.29, 1.82) is 0 Å². The van der Waals surface area contributed by atoms with Crippen molar-refractivity contribution in [1.82, 2.24) is 10.2 Å². The third-order valence-corrected chi connectivity index (χ3v) is 4.47. The van der Waals surface area contributed by atoms with Gasteiger partial charge in [-0.1, -0.05) is 17.7 Å². The van der Waals surface area contributed by atoms with E-state index in [0.29, 0.717) is 25.2 Å². The van der Waals surface area contributed by atoms with Gasteiger partial charge in [-0.05, 0) is 37.3 Å². The lowest BCUT2D eigenvalue weighted by Crippen LogP contribution is -2.28. The number of nitrogens with one attached hydrogen (secondary N) is 1. The largest absolute Gasteiger partial charge is 0.496 e. The van der Waals surface area contributed by atoms with E-state index < -0.39 is 0 Å². The lowest BCUT2D eigenvalue weighted by Gasteiger charge is -2.20. The number of benzene rings is 2. The number of nitrogens with zero attached hydrogens (tertiary/aromatic N) is 2. The van der Waals surface area contributed by atoms with Gasteiger partial charge < -0.3 is 15.0 Å². The predicted molar refractivity (Wildman–Crippen MR) is 101 cm³/mol. The lowest BCUT2D eigenvalue weighted by molar-refractivity contribution is 0.0784. The summed E-state index contributed by atoms with van der Waals surface area (Å²) >= 11 is 0. The van der Waals surface area contributed by atoms with E-state index in [1.165, 1.54) is 0 Å². The smallest absolute Gasteiger partial charge is 0.321 e. The highest BCUT2D eigenvalue weighted by molar-refractivity contribution is 5.96. The summed E-state index contributed by atoms with van der Waals surface area (Å²) in [7, 11) is 3.40. The van der Waals surface area contributed by atoms with Gasteiger partial charge in [-0.2, -0.15) is 0 Å². The predicted octanol–water partition coefficient (Wildman–Crippen LogP) is 2.81. The summed E-state index contributed by atoms with van der Waals surface area (Å²) in [6.45, 7) is 3.75. The molecule has 2 aromatic rings. The van der Waals surface area contributed by atoms with Gasteiger partial charge in [0, 0.05) is 43.5 Å². The van der Waals surface area contributed by atoms with Crippen LogP contribution in [0.15, 0.2) is 42.5 Å². The van der Waals surface area contributed by atoms with Crippen molar-refractivity contribution in [3.8, 4) is 5.75 Å². The summed E-state index contributed by atoms with van der Waals surface area (Å²) in [6.07, 6.45) is 0. The number of hydrogen-bond acceptors (Lipinski definition) is 3. The van der Waals surface area contributed by atoms with Gasteiger partial charge in [-0.25, -0.2) is 4.79 Å². The van der Waals surface area contributed by atoms with E-state index >= 15 is 0 Å². The number of carbonyl (C=O) groups is 2. The summed E-state index contributed by atoms with van der Waals surface area (Å²) < 4.78 is 5.39. The van der Waals surface area contributed by atoms with Gasteiger partial charge in [0.25, 0.3) is 5.91 Å². The molecular formula is C20H23N3O3. The van der Waals surface area contributed by atoms with Gasteiger partial charge in [0.15, 0.2) is 0 Å². The van der Waals surface area contributed by atoms with Crippen LogP contribution in [0.1, 0.15) is 21.5 Å². The first-order chi connectivity index (χ1) is 12.5. The molecule has 1 heterocycles. The minimum absolute atomic E-state index is 0.0778. The van der Waals surface area contributed by atoms with E-state index in [2.05, 4.69) is 5.32 Å². The van der Waals surface area contributed by atoms with Gasteiger partial charge >= 0.3 is 6.03 Å². The molecule has 136 valence electrons. The molecule has 1 aliphatic heterocycles. The number of anilines is 1. The summed E-state index contributed by atoms with van der Waals surface area (Å²) in [5, 5.41) is 2.77. The second kappa shape index (κ2) is 7.47. The maximum absolute atomic E-state index is 12.7. The van der Waals surface area contributed by atoms with Crippen molar-refractivity contribution in [3.63, 3.8) is 0 Å². The minimum atomic E-state index is -0.104. The second-order valence-electron chi connectivity index (χ2n) is 6.41. The molecule has 6 heteroatoms. The van der Waals surface area contributed by atoms with Crippen LogP contribution in [0, 0.1) is 6.92 Å². The first kappa shape index (κ1) is 17.8. The Bertz CT molecular complexity index is 818. The molecule has 0 aliphatic carbocycles. The third kappa shape index (κ3) is 3.64. The van der Waals surface area contributed by atoms with Crippen molar-refractivity contribution in [3.05, 3.63) is 59.2 Å². The lowest BCUT2D eigenvalue weighted by atomic mass is 10.1. The molecular weight excluding hydrogens is 330 g/mol. The van der Waals surface area contributed by atoms with Crippen molar-refractivity contribution >= 4 is 17.6 Å². The van der Waals surface area contributed by atoms with E-state index in [1.807, 2.05) is 25.1 Å². The first-order valence-electron chi connectivity index (χ1n) is 8.54. The number of aryl methyl sites for hydroxylation is 1. The Morgan fingerprint density at radius 1 is 1.23 bits per heavy atom. The molecule has 2 aromatic carbocycles. The number of methoxy groups -OCH3 is 1. The molecule has 0 aromatic heterocycles. The van der Waals surface area contributed by atoms with Crippen LogP contribution >= 0.6 is 0 Å². The number of rotatable bonds is 5. The van der Waals surface area contributed by atoms with Crippen LogP contribution in [0.2, 0.25) is 0 Å². The Labute approximate surface area is 153 Å². The van der Waals surface area contributed by atoms with Crippen LogP contribution in [0.5, 0.6) is 5.75 Å². The molecule has 1 fully saturated rings. The highest BCUT2D eigenvalue weighted by Crippen LogP contribution is 2.22. The SMILES string of the molecule is COc1ccc(C)cc1CN(C)C(=O)c1ccc(N2CCNC2=O)cc1. The van der Waals surface area contributed by atoms with Gasteiger partial charge in [0.1, 0.15) is 5.75 Å². The van der Waals surface area contributed by atoms with Crippen molar-refractivity contribution < 1.29 is 14.3 Å². The summed E-state index contributed by atoms with van der Waals surface area (Å²) in [6, 6.07) is 12.9. The number of amides is 3. The Kier molecular flexibility index (Phi) is 5.11. The van der Waals surface area contributed by atoms with Crippen LogP contribution < -0.4 is 15.0 Å². The van der Waals surface area contributed by atoms with E-state index in [1.54, 1.807) is 48.2 Å². The van der Waals surface area contributed by atoms with Crippen LogP contribution in [-0.4, -0.2) is 44.1 Å². The van der Waals surface area contributed by atoms with Gasteiger partial charge in [0.05, 0.1) is 7.11 Å². The minimum Gasteiger partial charge on any atom is -0.496 e. The molecule has 0 radical (unpaired) electrons. The Morgan fingerprint density at radius 3 is 2.58 bits per heavy atom. The fourth-order valence-corrected chi connectivity index (χ4v) is 3.08. The van der Waals surface area contributed by atoms with E-state index in [-0.39, 0.29) is 11.9 Å². The maximum atomic E-state index is 12.7. The van der Waals surface area contributed by atoms with Gasteiger partial charge in [-0.15, -0.1) is 0 Å². The fourth-order valence-electron chi connectivity index (χ4n) is 3.08. The number of hydrogen-bond donors (Lipinski definition) is 1. The number of carbonyl (C=O) groups excluding carboxylic acids is 2. The van der Waals surface area contributed by atoms with Crippen molar-refractivity contribution in [2.75, 3.05) is 32.1 Å². The molecule has 0 saturated carbocycles. The molecule has 3 rings (SSSR count). The average molecular weight is 353 g/mol. The topological polar surface area (TPSA) is 61.9 Å². The highest BCUT2D eigenvalue weighted by atomic mass is 16.5. The molecule has 1 aliphatic rings. The standard InChI is InChI=1S/C20H23N3O3/c1-14-4-9-18(26-3)16(12-14)13-22(2)19(24)15-5-7-17(8-6-15)23-11-10-21-20(23)25/h4-9,12H,10-11,13H2,1-3H3,(H,21,25). The third-order valence-electron chi connectivity index (χ3n) is 4.47. The molecule has 0 spiro atoms. The van der Waals surface area contributed by atoms with Gasteiger partial charge in [0.2, 0.25) is 0 Å². The molecule has 0 atom stereocenters. The zero-order valence-electron chi connectivity index (χ0n) is 15.3. The fraction of sp³-hybridized carbons (Fsp3) is 0.300. The molecule has 6 nitrogen and oxygen atoms in total. The van der Waals surface area contributed by atoms with E-state index in [9.17, 15) is 9.59 Å². The average Bonchev–Trinajstić information content (AvgIpc) is 3.07. The van der Waals surface area contributed by atoms with Crippen LogP contribution in [0.3, 0.4) is 0 Å². The molecule has 1 saturated heterocycles. The maximum Gasteiger partial charge on any atom is 0.321 e. The Hall–Kier alpha value is -3.02. The normalized spacial score (nSPS) is 13.5. The van der Waals surface area contributed by atoms with Crippen LogP contribution in [0.4, 0.5) is 10.5 Å². The van der Waals surface area contributed by atoms with Crippen molar-refractivity contribution in [2.45, 2.75) is 13.5 Å². The molecule has 1 N–H and O–H groups in total. The first-order valence-corrected chi connectivity index (χ1v) is 8.54. The monoisotopic (exact) mass is 353 g/mol. The highest BCUT2D eigenvalue weighted by Gasteiger charge is 2.21. The Balaban J connectivity index is 1.72. The number of urea groups is 1. The second-order valence-corrected chi connectivity index (χ2v) is 6.41. The number of ether oxygens (including phenoxy) is 1. The molecule has 26 heavy (non-hydrogen) atoms. The molecule has 3 amide bonds. The van der Waals surface area contributed by atoms with Gasteiger partial charge in [-0.3, -0.25) is 9.69 Å². The zero-order chi connectivity index (χ0) is 18.7. The summed E-state index contributed by atoms with van der Waals surface area (Å²) in [5.41, 5.74) is 3.46. The zero-order valence-corrected chi connectivity index (χ0v) is 15.3. The molecule has 0 bridgehead atoms. The quantitative estimate of drug-likeness (QED) is 0.899.